The molecule has 4 rings (SSSR count). The Bertz CT molecular complexity index is 1080. The van der Waals surface area contributed by atoms with E-state index in [-0.39, 0.29) is 12.1 Å². The minimum atomic E-state index is -0.418. The molecule has 0 saturated carbocycles. The molecule has 1 aliphatic carbocycles. The Hall–Kier alpha value is -3.13. The summed E-state index contributed by atoms with van der Waals surface area (Å²) in [6.07, 6.45) is 1.34. The Morgan fingerprint density at radius 3 is 2.77 bits per heavy atom. The summed E-state index contributed by atoms with van der Waals surface area (Å²) in [6, 6.07) is 11.7. The van der Waals surface area contributed by atoms with Crippen LogP contribution in [0, 0.1) is 0 Å². The minimum absolute atomic E-state index is 0.0481. The summed E-state index contributed by atoms with van der Waals surface area (Å²) in [5.41, 5.74) is 11.0. The van der Waals surface area contributed by atoms with Crippen molar-refractivity contribution in [1.29, 1.82) is 0 Å². The zero-order chi connectivity index (χ0) is 21.3. The van der Waals surface area contributed by atoms with Crippen LogP contribution in [0.5, 0.6) is 5.75 Å². The molecule has 3 N–H and O–H groups in total. The van der Waals surface area contributed by atoms with Gasteiger partial charge in [-0.15, -0.1) is 10.2 Å². The molecule has 1 amide bonds. The maximum Gasteiger partial charge on any atom is 0.407 e. The molecule has 156 valence electrons. The number of nitrogens with zero attached hydrogens (tertiary/aromatic N) is 2. The monoisotopic (exact) mass is 424 g/mol. The van der Waals surface area contributed by atoms with Gasteiger partial charge in [0, 0.05) is 11.1 Å². The molecule has 3 aromatic rings. The predicted octanol–water partition coefficient (Wildman–Crippen LogP) is 4.58. The van der Waals surface area contributed by atoms with Gasteiger partial charge in [-0.25, -0.2) is 4.79 Å². The molecule has 0 spiro atoms. The third-order valence-electron chi connectivity index (χ3n) is 5.02. The molecule has 0 bridgehead atoms. The Kier molecular flexibility index (Phi) is 5.59. The fraction of sp³-hybridized carbons (Fsp3) is 0.318. The lowest BCUT2D eigenvalue weighted by Crippen LogP contribution is -2.26. The molecule has 1 unspecified atom stereocenters. The quantitative estimate of drug-likeness (QED) is 0.582. The highest BCUT2D eigenvalue weighted by Gasteiger charge is 2.27. The van der Waals surface area contributed by atoms with Gasteiger partial charge >= 0.3 is 6.09 Å². The molecule has 7 nitrogen and oxygen atoms in total. The maximum absolute atomic E-state index is 11.6. The molecule has 1 atom stereocenters. The molecule has 30 heavy (non-hydrogen) atoms. The minimum Gasteiger partial charge on any atom is -0.489 e. The van der Waals surface area contributed by atoms with E-state index in [0.717, 1.165) is 39.5 Å². The number of ether oxygens (including phenoxy) is 2. The number of hydrogen-bond donors (Lipinski definition) is 2. The summed E-state index contributed by atoms with van der Waals surface area (Å²) in [7, 11) is 1.37. The van der Waals surface area contributed by atoms with Gasteiger partial charge in [0.25, 0.3) is 0 Å². The number of nitrogen functional groups attached to an aromatic ring is 1. The fourth-order valence-corrected chi connectivity index (χ4v) is 4.59. The molecule has 0 fully saturated rings. The first-order valence-corrected chi connectivity index (χ1v) is 10.6. The van der Waals surface area contributed by atoms with Crippen molar-refractivity contribution in [2.24, 2.45) is 0 Å². The van der Waals surface area contributed by atoms with Gasteiger partial charge in [0.05, 0.1) is 24.9 Å². The Morgan fingerprint density at radius 1 is 1.23 bits per heavy atom. The second-order valence-electron chi connectivity index (χ2n) is 7.43. The first-order chi connectivity index (χ1) is 14.5. The van der Waals surface area contributed by atoms with E-state index >= 15 is 0 Å². The molecule has 1 aromatic heterocycles. The lowest BCUT2D eigenvalue weighted by atomic mass is 10.0. The van der Waals surface area contributed by atoms with Gasteiger partial charge in [-0.3, -0.25) is 0 Å². The Labute approximate surface area is 179 Å². The van der Waals surface area contributed by atoms with Gasteiger partial charge in [-0.05, 0) is 56.0 Å². The first kappa shape index (κ1) is 20.2. The summed E-state index contributed by atoms with van der Waals surface area (Å²) in [5.74, 6) is 0.670. The average molecular weight is 425 g/mol. The number of anilines is 1. The first-order valence-electron chi connectivity index (χ1n) is 9.83. The van der Waals surface area contributed by atoms with E-state index in [1.807, 2.05) is 44.2 Å². The number of alkyl carbamates (subject to hydrolysis) is 1. The number of hydrogen-bond acceptors (Lipinski definition) is 7. The van der Waals surface area contributed by atoms with Crippen molar-refractivity contribution in [2.75, 3.05) is 12.8 Å². The highest BCUT2D eigenvalue weighted by Crippen LogP contribution is 2.40. The second-order valence-corrected chi connectivity index (χ2v) is 8.41. The van der Waals surface area contributed by atoms with E-state index in [1.54, 1.807) is 0 Å². The number of nitrogens with one attached hydrogen (secondary N) is 1. The number of methoxy groups -OCH3 is 1. The Morgan fingerprint density at radius 2 is 2.03 bits per heavy atom. The topological polar surface area (TPSA) is 99.4 Å². The standard InChI is InChI=1S/C22H24N4O3S/c1-12(2)29-19-10-7-13(11-17(19)23)20-25-26-21(30-20)16-6-4-5-15-14(16)8-9-18(15)24-22(27)28-3/h4-7,10-12,18H,8-9,23H2,1-3H3,(H,24,27). The zero-order valence-corrected chi connectivity index (χ0v) is 18.0. The SMILES string of the molecule is COC(=O)NC1CCc2c(-c3nnc(-c4ccc(OC(C)C)c(N)c4)s3)cccc21. The number of rotatable bonds is 5. The summed E-state index contributed by atoms with van der Waals surface area (Å²) in [4.78, 5) is 11.6. The molecule has 8 heteroatoms. The van der Waals surface area contributed by atoms with Crippen LogP contribution in [0.3, 0.4) is 0 Å². The average Bonchev–Trinajstić information content (AvgIpc) is 3.37. The molecule has 0 radical (unpaired) electrons. The van der Waals surface area contributed by atoms with Gasteiger partial charge in [-0.2, -0.15) is 0 Å². The van der Waals surface area contributed by atoms with Crippen LogP contribution in [-0.4, -0.2) is 29.5 Å². The summed E-state index contributed by atoms with van der Waals surface area (Å²) < 4.78 is 10.5. The van der Waals surface area contributed by atoms with Gasteiger partial charge < -0.3 is 20.5 Å². The Balaban J connectivity index is 1.61. The predicted molar refractivity (Wildman–Crippen MR) is 118 cm³/mol. The third kappa shape index (κ3) is 3.95. The van der Waals surface area contributed by atoms with E-state index in [2.05, 4.69) is 21.6 Å². The molecule has 1 aliphatic rings. The van der Waals surface area contributed by atoms with Crippen molar-refractivity contribution >= 4 is 23.1 Å². The van der Waals surface area contributed by atoms with E-state index < -0.39 is 6.09 Å². The summed E-state index contributed by atoms with van der Waals surface area (Å²) in [6.45, 7) is 3.93. The molecule has 0 aliphatic heterocycles. The van der Waals surface area contributed by atoms with Gasteiger partial charge in [0.2, 0.25) is 0 Å². The zero-order valence-electron chi connectivity index (χ0n) is 17.1. The maximum atomic E-state index is 11.6. The van der Waals surface area contributed by atoms with Crippen LogP contribution in [0.4, 0.5) is 10.5 Å². The van der Waals surface area contributed by atoms with E-state index in [0.29, 0.717) is 11.4 Å². The van der Waals surface area contributed by atoms with Crippen LogP contribution < -0.4 is 15.8 Å². The molecular formula is C22H24N4O3S. The largest absolute Gasteiger partial charge is 0.489 e. The van der Waals surface area contributed by atoms with Gasteiger partial charge in [0.1, 0.15) is 15.8 Å². The number of amides is 1. The number of fused-ring (bicyclic) bond motifs is 1. The van der Waals surface area contributed by atoms with Crippen molar-refractivity contribution in [2.45, 2.75) is 38.8 Å². The third-order valence-corrected chi connectivity index (χ3v) is 6.03. The molecular weight excluding hydrogens is 400 g/mol. The second kappa shape index (κ2) is 8.31. The van der Waals surface area contributed by atoms with Crippen LogP contribution in [0.15, 0.2) is 36.4 Å². The summed E-state index contributed by atoms with van der Waals surface area (Å²) in [5, 5.41) is 13.4. The van der Waals surface area contributed by atoms with E-state index in [9.17, 15) is 4.79 Å². The van der Waals surface area contributed by atoms with E-state index in [1.165, 1.54) is 24.0 Å². The van der Waals surface area contributed by atoms with Crippen molar-refractivity contribution in [3.8, 4) is 26.9 Å². The normalized spacial score (nSPS) is 15.1. The van der Waals surface area contributed by atoms with Crippen LogP contribution in [0.2, 0.25) is 0 Å². The lowest BCUT2D eigenvalue weighted by Gasteiger charge is -2.13. The van der Waals surface area contributed by atoms with E-state index in [4.69, 9.17) is 15.2 Å². The van der Waals surface area contributed by atoms with Crippen LogP contribution in [-0.2, 0) is 11.2 Å². The number of aromatic nitrogens is 2. The summed E-state index contributed by atoms with van der Waals surface area (Å²) >= 11 is 1.52. The van der Waals surface area contributed by atoms with Gasteiger partial charge in [0.15, 0.2) is 0 Å². The van der Waals surface area contributed by atoms with Crippen molar-refractivity contribution in [3.63, 3.8) is 0 Å². The molecule has 0 saturated heterocycles. The molecule has 2 aromatic carbocycles. The van der Waals surface area contributed by atoms with Crippen molar-refractivity contribution in [3.05, 3.63) is 47.5 Å². The highest BCUT2D eigenvalue weighted by molar-refractivity contribution is 7.17. The number of nitrogens with two attached hydrogens (primary N) is 1. The van der Waals surface area contributed by atoms with Crippen molar-refractivity contribution < 1.29 is 14.3 Å². The number of benzene rings is 2. The van der Waals surface area contributed by atoms with Crippen LogP contribution in [0.1, 0.15) is 37.4 Å². The van der Waals surface area contributed by atoms with Crippen molar-refractivity contribution in [1.82, 2.24) is 15.5 Å². The number of carbonyl (C=O) groups is 1. The van der Waals surface area contributed by atoms with Crippen LogP contribution >= 0.6 is 11.3 Å². The van der Waals surface area contributed by atoms with Crippen LogP contribution in [0.25, 0.3) is 21.1 Å². The lowest BCUT2D eigenvalue weighted by molar-refractivity contribution is 0.166. The van der Waals surface area contributed by atoms with Gasteiger partial charge in [-0.1, -0.05) is 29.5 Å². The molecule has 1 heterocycles. The highest BCUT2D eigenvalue weighted by atomic mass is 32.1. The number of carbonyl (C=O) groups excluding carboxylic acids is 1. The smallest absolute Gasteiger partial charge is 0.407 e. The fourth-order valence-electron chi connectivity index (χ4n) is 3.70.